The van der Waals surface area contributed by atoms with Gasteiger partial charge in [0.05, 0.1) is 17.4 Å². The number of aromatic amines is 1. The Morgan fingerprint density at radius 3 is 2.50 bits per heavy atom. The fraction of sp³-hybridized carbons (Fsp3) is 0.345. The Labute approximate surface area is 219 Å². The molecular weight excluding hydrogens is 486 g/mol. The van der Waals surface area contributed by atoms with Crippen molar-refractivity contribution in [1.29, 1.82) is 0 Å². The summed E-state index contributed by atoms with van der Waals surface area (Å²) in [5.41, 5.74) is 2.76. The number of fused-ring (bicyclic) bond motifs is 1. The Balaban J connectivity index is 1.25. The van der Waals surface area contributed by atoms with Crippen LogP contribution >= 0.6 is 0 Å². The summed E-state index contributed by atoms with van der Waals surface area (Å²) in [5, 5.41) is 10.4. The topological polar surface area (TPSA) is 77.1 Å². The van der Waals surface area contributed by atoms with Crippen LogP contribution in [-0.2, 0) is 6.54 Å². The van der Waals surface area contributed by atoms with Crippen molar-refractivity contribution in [3.05, 3.63) is 71.6 Å². The number of halogens is 2. The van der Waals surface area contributed by atoms with Crippen LogP contribution in [0.1, 0.15) is 48.2 Å². The highest BCUT2D eigenvalue weighted by Gasteiger charge is 2.20. The van der Waals surface area contributed by atoms with Gasteiger partial charge in [-0.15, -0.1) is 0 Å². The van der Waals surface area contributed by atoms with Crippen LogP contribution in [0.3, 0.4) is 0 Å². The number of pyridine rings is 1. The minimum Gasteiger partial charge on any atom is -0.357 e. The molecule has 0 saturated carbocycles. The lowest BCUT2D eigenvalue weighted by Gasteiger charge is -2.26. The van der Waals surface area contributed by atoms with Gasteiger partial charge in [-0.25, -0.2) is 13.8 Å². The quantitative estimate of drug-likeness (QED) is 0.342. The predicted octanol–water partition coefficient (Wildman–Crippen LogP) is 5.74. The van der Waals surface area contributed by atoms with Gasteiger partial charge in [0.15, 0.2) is 17.3 Å². The normalized spacial score (nSPS) is 16.3. The van der Waals surface area contributed by atoms with Gasteiger partial charge in [0, 0.05) is 30.6 Å². The van der Waals surface area contributed by atoms with Crippen LogP contribution < -0.4 is 10.2 Å². The molecule has 2 aromatic carbocycles. The third kappa shape index (κ3) is 4.98. The van der Waals surface area contributed by atoms with Crippen molar-refractivity contribution in [2.75, 3.05) is 36.4 Å². The van der Waals surface area contributed by atoms with Crippen molar-refractivity contribution in [2.24, 2.45) is 0 Å². The number of amides is 1. The number of likely N-dealkylation sites (tertiary alicyclic amines) is 1. The Hall–Kier alpha value is -3.85. The van der Waals surface area contributed by atoms with Crippen molar-refractivity contribution in [3.8, 4) is 11.1 Å². The van der Waals surface area contributed by atoms with E-state index in [0.717, 1.165) is 63.2 Å². The first kappa shape index (κ1) is 24.5. The lowest BCUT2D eigenvalue weighted by atomic mass is 9.99. The van der Waals surface area contributed by atoms with Gasteiger partial charge < -0.3 is 10.2 Å². The minimum absolute atomic E-state index is 0.174. The number of nitrogens with one attached hydrogen (secondary N) is 2. The molecule has 1 amide bonds. The largest absolute Gasteiger partial charge is 0.357 e. The summed E-state index contributed by atoms with van der Waals surface area (Å²) in [4.78, 5) is 22.1. The number of H-pyrrole nitrogens is 1. The first-order valence-electron chi connectivity index (χ1n) is 13.3. The number of benzene rings is 2. The summed E-state index contributed by atoms with van der Waals surface area (Å²) in [5.74, 6) is -1.28. The summed E-state index contributed by atoms with van der Waals surface area (Å²) in [6.45, 7) is 4.49. The molecule has 2 saturated heterocycles. The molecule has 6 rings (SSSR count). The fourth-order valence-corrected chi connectivity index (χ4v) is 5.46. The zero-order valence-corrected chi connectivity index (χ0v) is 21.1. The number of hydrogen-bond donors (Lipinski definition) is 2. The smallest absolute Gasteiger partial charge is 0.276 e. The van der Waals surface area contributed by atoms with E-state index in [1.54, 1.807) is 30.5 Å². The molecule has 0 aliphatic carbocycles. The lowest BCUT2D eigenvalue weighted by Crippen LogP contribution is -2.29. The zero-order valence-electron chi connectivity index (χ0n) is 21.1. The molecule has 2 aliphatic heterocycles. The maximum Gasteiger partial charge on any atom is 0.276 e. The molecule has 9 heteroatoms. The summed E-state index contributed by atoms with van der Waals surface area (Å²) < 4.78 is 29.6. The van der Waals surface area contributed by atoms with Gasteiger partial charge in [-0.05, 0) is 86.3 Å². The monoisotopic (exact) mass is 516 g/mol. The van der Waals surface area contributed by atoms with Crippen LogP contribution in [0.2, 0.25) is 0 Å². The number of nitrogens with zero attached hydrogens (tertiary/aromatic N) is 4. The molecule has 4 heterocycles. The number of carbonyl (C=O) groups is 1. The van der Waals surface area contributed by atoms with Crippen molar-refractivity contribution >= 4 is 28.3 Å². The number of aromatic nitrogens is 3. The zero-order chi connectivity index (χ0) is 26.1. The van der Waals surface area contributed by atoms with E-state index >= 15 is 0 Å². The highest BCUT2D eigenvalue weighted by Crippen LogP contribution is 2.31. The molecule has 2 fully saturated rings. The van der Waals surface area contributed by atoms with Crippen molar-refractivity contribution in [3.63, 3.8) is 0 Å². The van der Waals surface area contributed by atoms with Crippen molar-refractivity contribution in [2.45, 2.75) is 38.6 Å². The molecule has 2 aromatic heterocycles. The number of hydrogen-bond acceptors (Lipinski definition) is 5. The number of carbonyl (C=O) groups excluding carboxylic acids is 1. The van der Waals surface area contributed by atoms with E-state index in [-0.39, 0.29) is 11.3 Å². The Morgan fingerprint density at radius 2 is 1.74 bits per heavy atom. The molecule has 0 spiro atoms. The number of anilines is 2. The van der Waals surface area contributed by atoms with Gasteiger partial charge in [-0.1, -0.05) is 12.5 Å². The average Bonchev–Trinajstić information content (AvgIpc) is 3.62. The molecule has 0 radical (unpaired) electrons. The van der Waals surface area contributed by atoms with E-state index in [9.17, 15) is 13.6 Å². The standard InChI is InChI=1S/C29H30F2N6O/c30-24-15-19(18-36-10-2-1-3-11-36)14-22(27(24)31)20-6-8-25-23(16-20)28(35-34-25)29(38)33-21-7-9-26(32-17-21)37-12-4-5-13-37/h6-9,14-17H,1-5,10-13,18H2,(H,33,38)(H,34,35). The highest BCUT2D eigenvalue weighted by atomic mass is 19.2. The number of rotatable bonds is 6. The Morgan fingerprint density at radius 1 is 0.947 bits per heavy atom. The van der Waals surface area contributed by atoms with Gasteiger partial charge in [0.2, 0.25) is 0 Å². The summed E-state index contributed by atoms with van der Waals surface area (Å²) in [7, 11) is 0. The van der Waals surface area contributed by atoms with Gasteiger partial charge >= 0.3 is 0 Å². The van der Waals surface area contributed by atoms with Gasteiger partial charge in [0.25, 0.3) is 5.91 Å². The van der Waals surface area contributed by atoms with Crippen LogP contribution in [-0.4, -0.2) is 52.2 Å². The third-order valence-electron chi connectivity index (χ3n) is 7.47. The molecule has 2 aliphatic rings. The molecule has 0 atom stereocenters. The molecule has 7 nitrogen and oxygen atoms in total. The molecule has 196 valence electrons. The maximum atomic E-state index is 15.0. The van der Waals surface area contributed by atoms with E-state index in [0.29, 0.717) is 28.7 Å². The van der Waals surface area contributed by atoms with Crippen LogP contribution in [0, 0.1) is 11.6 Å². The second-order valence-corrected chi connectivity index (χ2v) is 10.2. The van der Waals surface area contributed by atoms with E-state index in [1.807, 2.05) is 12.1 Å². The predicted molar refractivity (Wildman–Crippen MR) is 144 cm³/mol. The second-order valence-electron chi connectivity index (χ2n) is 10.2. The van der Waals surface area contributed by atoms with Crippen LogP contribution in [0.4, 0.5) is 20.3 Å². The maximum absolute atomic E-state index is 15.0. The number of piperidine rings is 1. The van der Waals surface area contributed by atoms with Crippen LogP contribution in [0.25, 0.3) is 22.0 Å². The Bertz CT molecular complexity index is 1460. The summed E-state index contributed by atoms with van der Waals surface area (Å²) in [6, 6.07) is 11.8. The van der Waals surface area contributed by atoms with Crippen molar-refractivity contribution < 1.29 is 13.6 Å². The average molecular weight is 517 g/mol. The van der Waals surface area contributed by atoms with Crippen LogP contribution in [0.15, 0.2) is 48.7 Å². The molecule has 38 heavy (non-hydrogen) atoms. The first-order chi connectivity index (χ1) is 18.5. The van der Waals surface area contributed by atoms with Crippen molar-refractivity contribution in [1.82, 2.24) is 20.1 Å². The highest BCUT2D eigenvalue weighted by molar-refractivity contribution is 6.11. The first-order valence-corrected chi connectivity index (χ1v) is 13.3. The van der Waals surface area contributed by atoms with E-state index < -0.39 is 17.5 Å². The summed E-state index contributed by atoms with van der Waals surface area (Å²) in [6.07, 6.45) is 7.41. The summed E-state index contributed by atoms with van der Waals surface area (Å²) >= 11 is 0. The SMILES string of the molecule is O=C(Nc1ccc(N2CCCC2)nc1)c1n[nH]c2ccc(-c3cc(CN4CCCCC4)cc(F)c3F)cc12. The molecule has 0 bridgehead atoms. The Kier molecular flexibility index (Phi) is 6.76. The van der Waals surface area contributed by atoms with Gasteiger partial charge in [-0.3, -0.25) is 14.8 Å². The third-order valence-corrected chi connectivity index (χ3v) is 7.47. The molecular formula is C29H30F2N6O. The van der Waals surface area contributed by atoms with Crippen LogP contribution in [0.5, 0.6) is 0 Å². The van der Waals surface area contributed by atoms with E-state index in [2.05, 4.69) is 30.3 Å². The molecule has 2 N–H and O–H groups in total. The minimum atomic E-state index is -0.898. The molecule has 0 unspecified atom stereocenters. The van der Waals surface area contributed by atoms with Gasteiger partial charge in [0.1, 0.15) is 5.82 Å². The van der Waals surface area contributed by atoms with Gasteiger partial charge in [-0.2, -0.15) is 5.10 Å². The van der Waals surface area contributed by atoms with E-state index in [1.165, 1.54) is 12.5 Å². The lowest BCUT2D eigenvalue weighted by molar-refractivity contribution is 0.102. The fourth-order valence-electron chi connectivity index (χ4n) is 5.46. The van der Waals surface area contributed by atoms with E-state index in [4.69, 9.17) is 0 Å². The molecule has 4 aromatic rings. The second kappa shape index (κ2) is 10.5.